The van der Waals surface area contributed by atoms with Gasteiger partial charge in [-0.25, -0.2) is 4.39 Å². The molecule has 2 aromatic rings. The molecule has 1 saturated heterocycles. The molecule has 0 spiro atoms. The minimum Gasteiger partial charge on any atom is -0.496 e. The zero-order chi connectivity index (χ0) is 16.9. The third-order valence-corrected chi connectivity index (χ3v) is 4.15. The molecule has 2 N–H and O–H groups in total. The maximum absolute atomic E-state index is 13.5. The van der Waals surface area contributed by atoms with Crippen LogP contribution in [0.15, 0.2) is 22.7 Å². The number of piperazine rings is 1. The first-order chi connectivity index (χ1) is 11.7. The van der Waals surface area contributed by atoms with Crippen molar-refractivity contribution in [2.75, 3.05) is 33.3 Å². The van der Waals surface area contributed by atoms with Crippen LogP contribution in [-0.2, 0) is 19.6 Å². The summed E-state index contributed by atoms with van der Waals surface area (Å²) in [5.41, 5.74) is 6.34. The van der Waals surface area contributed by atoms with Crippen LogP contribution in [0.5, 0.6) is 5.75 Å². The highest BCUT2D eigenvalue weighted by Gasteiger charge is 2.20. The average molecular weight is 408 g/mol. The number of ether oxygens (including phenoxy) is 1. The van der Waals surface area contributed by atoms with E-state index < -0.39 is 0 Å². The van der Waals surface area contributed by atoms with Crippen LogP contribution in [-0.4, -0.2) is 53.2 Å². The molecule has 7 nitrogen and oxygen atoms in total. The van der Waals surface area contributed by atoms with Gasteiger partial charge >= 0.3 is 0 Å². The molecule has 1 aliphatic rings. The molecule has 0 atom stereocenters. The number of aromatic nitrogens is 2. The number of nitrogens with zero attached hydrogens (tertiary/aromatic N) is 4. The highest BCUT2D eigenvalue weighted by molar-refractivity contribution is 5.85. The summed E-state index contributed by atoms with van der Waals surface area (Å²) in [4.78, 5) is 8.78. The molecule has 1 aromatic carbocycles. The molecule has 0 unspecified atom stereocenters. The molecular weight excluding hydrogens is 384 g/mol. The fourth-order valence-corrected chi connectivity index (χ4v) is 2.85. The Labute approximate surface area is 164 Å². The van der Waals surface area contributed by atoms with Crippen LogP contribution in [0.2, 0.25) is 0 Å². The lowest BCUT2D eigenvalue weighted by molar-refractivity contribution is 0.118. The molecule has 1 fully saturated rings. The molecule has 1 aromatic heterocycles. The fraction of sp³-hybridized carbons (Fsp3) is 0.500. The van der Waals surface area contributed by atoms with Crippen molar-refractivity contribution in [1.82, 2.24) is 19.9 Å². The predicted octanol–water partition coefficient (Wildman–Crippen LogP) is 1.84. The first-order valence-corrected chi connectivity index (χ1v) is 7.96. The van der Waals surface area contributed by atoms with E-state index in [4.69, 9.17) is 15.0 Å². The summed E-state index contributed by atoms with van der Waals surface area (Å²) in [6.07, 6.45) is 0. The third kappa shape index (κ3) is 5.78. The Kier molecular flexibility index (Phi) is 9.24. The van der Waals surface area contributed by atoms with E-state index in [2.05, 4.69) is 19.9 Å². The summed E-state index contributed by atoms with van der Waals surface area (Å²) >= 11 is 0. The second kappa shape index (κ2) is 10.6. The van der Waals surface area contributed by atoms with Crippen LogP contribution >= 0.6 is 24.8 Å². The van der Waals surface area contributed by atoms with Gasteiger partial charge in [-0.05, 0) is 18.2 Å². The second-order valence-corrected chi connectivity index (χ2v) is 5.82. The highest BCUT2D eigenvalue weighted by atomic mass is 35.5. The summed E-state index contributed by atoms with van der Waals surface area (Å²) in [6.45, 7) is 5.15. The van der Waals surface area contributed by atoms with Crippen molar-refractivity contribution in [1.29, 1.82) is 0 Å². The van der Waals surface area contributed by atoms with Crippen molar-refractivity contribution >= 4 is 24.8 Å². The number of hydrogen-bond acceptors (Lipinski definition) is 7. The van der Waals surface area contributed by atoms with Crippen molar-refractivity contribution in [3.8, 4) is 5.75 Å². The van der Waals surface area contributed by atoms with Crippen LogP contribution in [0, 0.1) is 5.82 Å². The minimum atomic E-state index is -0.239. The van der Waals surface area contributed by atoms with Gasteiger partial charge < -0.3 is 15.0 Å². The summed E-state index contributed by atoms with van der Waals surface area (Å²) in [6, 6.07) is 4.63. The Bertz CT molecular complexity index is 680. The molecule has 0 aliphatic carbocycles. The predicted molar refractivity (Wildman–Crippen MR) is 100 cm³/mol. The van der Waals surface area contributed by atoms with Gasteiger partial charge in [0, 0.05) is 38.3 Å². The van der Waals surface area contributed by atoms with E-state index in [-0.39, 0.29) is 37.2 Å². The van der Waals surface area contributed by atoms with E-state index in [1.54, 1.807) is 19.2 Å². The lowest BCUT2D eigenvalue weighted by Gasteiger charge is -2.34. The second-order valence-electron chi connectivity index (χ2n) is 5.82. The standard InChI is InChI=1S/C16H22FN5O2.2ClH/c1-23-14-3-2-13(17)8-12(14)10-21-4-6-22(7-5-21)11-15-19-16(9-18)24-20-15;;/h2-3,8H,4-7,9-11,18H2,1H3;2*1H. The van der Waals surface area contributed by atoms with Crippen LogP contribution in [0.25, 0.3) is 0 Å². The van der Waals surface area contributed by atoms with Crippen LogP contribution in [0.1, 0.15) is 17.3 Å². The Hall–Kier alpha value is -1.45. The maximum Gasteiger partial charge on any atom is 0.240 e. The normalized spacial score (nSPS) is 15.2. The van der Waals surface area contributed by atoms with Gasteiger partial charge in [-0.15, -0.1) is 24.8 Å². The van der Waals surface area contributed by atoms with Crippen LogP contribution in [0.3, 0.4) is 0 Å². The summed E-state index contributed by atoms with van der Waals surface area (Å²) in [5, 5.41) is 3.92. The minimum absolute atomic E-state index is 0. The Morgan fingerprint density at radius 2 is 1.81 bits per heavy atom. The van der Waals surface area contributed by atoms with Crippen molar-refractivity contribution in [2.24, 2.45) is 5.73 Å². The molecule has 0 radical (unpaired) electrons. The van der Waals surface area contributed by atoms with Gasteiger partial charge in [0.25, 0.3) is 0 Å². The molecule has 3 rings (SSSR count). The van der Waals surface area contributed by atoms with Crippen molar-refractivity contribution in [2.45, 2.75) is 19.6 Å². The quantitative estimate of drug-likeness (QED) is 0.781. The molecular formula is C16H24Cl2FN5O2. The third-order valence-electron chi connectivity index (χ3n) is 4.15. The molecule has 146 valence electrons. The number of hydrogen-bond donors (Lipinski definition) is 1. The lowest BCUT2D eigenvalue weighted by Crippen LogP contribution is -2.45. The molecule has 1 aliphatic heterocycles. The van der Waals surface area contributed by atoms with E-state index in [1.165, 1.54) is 6.07 Å². The van der Waals surface area contributed by atoms with Gasteiger partial charge in [-0.1, -0.05) is 5.16 Å². The topological polar surface area (TPSA) is 80.7 Å². The molecule has 0 bridgehead atoms. The average Bonchev–Trinajstić information content (AvgIpc) is 3.04. The monoisotopic (exact) mass is 407 g/mol. The zero-order valence-corrected chi connectivity index (χ0v) is 16.2. The lowest BCUT2D eigenvalue weighted by atomic mass is 10.1. The smallest absolute Gasteiger partial charge is 0.240 e. The van der Waals surface area contributed by atoms with Gasteiger partial charge in [-0.3, -0.25) is 9.80 Å². The van der Waals surface area contributed by atoms with Crippen molar-refractivity contribution in [3.05, 3.63) is 41.3 Å². The van der Waals surface area contributed by atoms with E-state index in [0.29, 0.717) is 24.8 Å². The van der Waals surface area contributed by atoms with Gasteiger partial charge in [-0.2, -0.15) is 4.98 Å². The Balaban J connectivity index is 0.00000169. The molecule has 2 heterocycles. The first kappa shape index (κ1) is 22.6. The van der Waals surface area contributed by atoms with Crippen LogP contribution in [0.4, 0.5) is 4.39 Å². The van der Waals surface area contributed by atoms with E-state index in [9.17, 15) is 4.39 Å². The largest absolute Gasteiger partial charge is 0.496 e. The Morgan fingerprint density at radius 1 is 1.15 bits per heavy atom. The van der Waals surface area contributed by atoms with E-state index >= 15 is 0 Å². The van der Waals surface area contributed by atoms with E-state index in [1.807, 2.05) is 0 Å². The van der Waals surface area contributed by atoms with Gasteiger partial charge in [0.2, 0.25) is 5.89 Å². The molecule has 0 saturated carbocycles. The summed E-state index contributed by atoms with van der Waals surface area (Å²) in [5.74, 6) is 1.61. The molecule has 10 heteroatoms. The van der Waals surface area contributed by atoms with Crippen molar-refractivity contribution < 1.29 is 13.7 Å². The number of benzene rings is 1. The van der Waals surface area contributed by atoms with Crippen LogP contribution < -0.4 is 10.5 Å². The number of rotatable bonds is 6. The summed E-state index contributed by atoms with van der Waals surface area (Å²) < 4.78 is 23.8. The number of methoxy groups -OCH3 is 1. The molecule has 26 heavy (non-hydrogen) atoms. The summed E-state index contributed by atoms with van der Waals surface area (Å²) in [7, 11) is 1.61. The van der Waals surface area contributed by atoms with Gasteiger partial charge in [0.05, 0.1) is 20.2 Å². The number of nitrogens with two attached hydrogens (primary N) is 1. The number of halogens is 3. The Morgan fingerprint density at radius 3 is 2.38 bits per heavy atom. The van der Waals surface area contributed by atoms with Gasteiger partial charge in [0.15, 0.2) is 5.82 Å². The van der Waals surface area contributed by atoms with E-state index in [0.717, 1.165) is 37.5 Å². The van der Waals surface area contributed by atoms with Gasteiger partial charge in [0.1, 0.15) is 11.6 Å². The molecule has 0 amide bonds. The van der Waals surface area contributed by atoms with Crippen molar-refractivity contribution in [3.63, 3.8) is 0 Å². The SMILES string of the molecule is COc1ccc(F)cc1CN1CCN(Cc2noc(CN)n2)CC1.Cl.Cl. The zero-order valence-electron chi connectivity index (χ0n) is 14.6. The highest BCUT2D eigenvalue weighted by Crippen LogP contribution is 2.21. The maximum atomic E-state index is 13.5. The first-order valence-electron chi connectivity index (χ1n) is 7.96. The fourth-order valence-electron chi connectivity index (χ4n) is 2.85.